The molecule has 5 nitrogen and oxygen atoms in total. The fourth-order valence-corrected chi connectivity index (χ4v) is 3.27. The van der Waals surface area contributed by atoms with Crippen molar-refractivity contribution in [1.29, 1.82) is 5.26 Å². The molecular formula is C21H23N3O2. The Morgan fingerprint density at radius 3 is 2.88 bits per heavy atom. The number of hydrogen-bond acceptors (Lipinski definition) is 4. The van der Waals surface area contributed by atoms with Crippen LogP contribution in [-0.2, 0) is 0 Å². The minimum atomic E-state index is -0.429. The molecule has 2 atom stereocenters. The van der Waals surface area contributed by atoms with Crippen molar-refractivity contribution in [3.8, 4) is 6.07 Å². The first kappa shape index (κ1) is 18.0. The molecule has 1 amide bonds. The van der Waals surface area contributed by atoms with Gasteiger partial charge in [-0.2, -0.15) is 5.26 Å². The van der Waals surface area contributed by atoms with Gasteiger partial charge in [0, 0.05) is 30.4 Å². The Bertz CT molecular complexity index is 828. The Labute approximate surface area is 153 Å². The molecule has 2 unspecified atom stereocenters. The van der Waals surface area contributed by atoms with Gasteiger partial charge < -0.3 is 15.3 Å². The van der Waals surface area contributed by atoms with E-state index in [0.29, 0.717) is 24.2 Å². The number of nitriles is 1. The Morgan fingerprint density at radius 2 is 2.12 bits per heavy atom. The summed E-state index contributed by atoms with van der Waals surface area (Å²) in [5.41, 5.74) is 3.11. The molecule has 3 rings (SSSR count). The molecule has 1 heterocycles. The number of nitrogens with one attached hydrogen (secondary N) is 1. The molecule has 2 aromatic carbocycles. The van der Waals surface area contributed by atoms with E-state index in [1.165, 1.54) is 0 Å². The van der Waals surface area contributed by atoms with Gasteiger partial charge in [0.25, 0.3) is 5.91 Å². The second-order valence-electron chi connectivity index (χ2n) is 6.73. The minimum absolute atomic E-state index is 0.00506. The molecule has 1 aliphatic rings. The number of aliphatic hydroxyl groups excluding tert-OH is 1. The zero-order valence-electron chi connectivity index (χ0n) is 14.9. The summed E-state index contributed by atoms with van der Waals surface area (Å²) in [6.45, 7) is 3.10. The fraction of sp³-hybridized carbons (Fsp3) is 0.333. The minimum Gasteiger partial charge on any atom is -0.391 e. The average Bonchev–Trinajstić information content (AvgIpc) is 2.67. The molecule has 0 radical (unpaired) electrons. The summed E-state index contributed by atoms with van der Waals surface area (Å²) >= 11 is 0. The van der Waals surface area contributed by atoms with Gasteiger partial charge in [0.1, 0.15) is 0 Å². The van der Waals surface area contributed by atoms with Crippen LogP contribution >= 0.6 is 0 Å². The number of piperidine rings is 1. The monoisotopic (exact) mass is 349 g/mol. The van der Waals surface area contributed by atoms with Crippen LogP contribution in [0.4, 0.5) is 5.69 Å². The topological polar surface area (TPSA) is 76.4 Å². The van der Waals surface area contributed by atoms with Gasteiger partial charge in [-0.15, -0.1) is 0 Å². The molecule has 0 aliphatic carbocycles. The third kappa shape index (κ3) is 4.22. The maximum absolute atomic E-state index is 12.7. The van der Waals surface area contributed by atoms with Crippen LogP contribution in [0.25, 0.3) is 0 Å². The highest BCUT2D eigenvalue weighted by atomic mass is 16.3. The molecule has 1 saturated heterocycles. The molecule has 26 heavy (non-hydrogen) atoms. The molecular weight excluding hydrogens is 326 g/mol. The van der Waals surface area contributed by atoms with E-state index in [1.807, 2.05) is 43.3 Å². The molecule has 2 N–H and O–H groups in total. The van der Waals surface area contributed by atoms with E-state index in [0.717, 1.165) is 24.1 Å². The van der Waals surface area contributed by atoms with Crippen molar-refractivity contribution < 1.29 is 9.90 Å². The number of β-amino-alcohol motifs (C(OH)–C–C–N with tert-alkyl or cyclic N) is 1. The summed E-state index contributed by atoms with van der Waals surface area (Å²) < 4.78 is 0. The molecule has 2 aromatic rings. The van der Waals surface area contributed by atoms with Crippen LogP contribution < -0.4 is 5.32 Å². The summed E-state index contributed by atoms with van der Waals surface area (Å²) in [6.07, 6.45) is 1.16. The van der Waals surface area contributed by atoms with Gasteiger partial charge in [-0.1, -0.05) is 18.2 Å². The molecule has 1 fully saturated rings. The van der Waals surface area contributed by atoms with Crippen LogP contribution in [0.2, 0.25) is 0 Å². The third-order valence-electron chi connectivity index (χ3n) is 4.69. The lowest BCUT2D eigenvalue weighted by atomic mass is 10.0. The fourth-order valence-electron chi connectivity index (χ4n) is 3.27. The van der Waals surface area contributed by atoms with Gasteiger partial charge in [0.2, 0.25) is 0 Å². The van der Waals surface area contributed by atoms with Gasteiger partial charge in [0.15, 0.2) is 0 Å². The smallest absolute Gasteiger partial charge is 0.254 e. The van der Waals surface area contributed by atoms with Gasteiger partial charge in [-0.25, -0.2) is 0 Å². The standard InChI is InChI=1S/C21H23N3O2/c1-15(17-6-2-5-16(11-17)13-22)23-19-8-3-7-18(12-19)21(26)24-10-4-9-20(25)14-24/h2-3,5-8,11-12,15,20,23,25H,4,9-10,14H2,1H3. The first-order valence-corrected chi connectivity index (χ1v) is 8.91. The van der Waals surface area contributed by atoms with Crippen LogP contribution in [0, 0.1) is 11.3 Å². The van der Waals surface area contributed by atoms with Crippen molar-refractivity contribution in [3.05, 3.63) is 65.2 Å². The van der Waals surface area contributed by atoms with Gasteiger partial charge in [-0.05, 0) is 55.7 Å². The Hall–Kier alpha value is -2.84. The molecule has 0 saturated carbocycles. The predicted octanol–water partition coefficient (Wildman–Crippen LogP) is 3.33. The molecule has 0 spiro atoms. The Morgan fingerprint density at radius 1 is 1.31 bits per heavy atom. The van der Waals surface area contributed by atoms with Crippen molar-refractivity contribution in [3.63, 3.8) is 0 Å². The molecule has 0 aromatic heterocycles. The number of rotatable bonds is 4. The number of likely N-dealkylation sites (tertiary alicyclic amines) is 1. The number of aliphatic hydroxyl groups is 1. The quantitative estimate of drug-likeness (QED) is 0.888. The number of carbonyl (C=O) groups excluding carboxylic acids is 1. The molecule has 5 heteroatoms. The van der Waals surface area contributed by atoms with Crippen molar-refractivity contribution >= 4 is 11.6 Å². The first-order chi connectivity index (χ1) is 12.6. The first-order valence-electron chi connectivity index (χ1n) is 8.91. The zero-order valence-corrected chi connectivity index (χ0v) is 14.9. The van der Waals surface area contributed by atoms with E-state index in [9.17, 15) is 9.90 Å². The van der Waals surface area contributed by atoms with E-state index in [2.05, 4.69) is 11.4 Å². The summed E-state index contributed by atoms with van der Waals surface area (Å²) in [7, 11) is 0. The SMILES string of the molecule is CC(Nc1cccc(C(=O)N2CCCC(O)C2)c1)c1cccc(C#N)c1. The summed E-state index contributed by atoms with van der Waals surface area (Å²) in [6, 6.07) is 17.1. The largest absolute Gasteiger partial charge is 0.391 e. The van der Waals surface area contributed by atoms with E-state index in [4.69, 9.17) is 5.26 Å². The van der Waals surface area contributed by atoms with Crippen molar-refractivity contribution in [1.82, 2.24) is 4.90 Å². The highest BCUT2D eigenvalue weighted by Crippen LogP contribution is 2.22. The third-order valence-corrected chi connectivity index (χ3v) is 4.69. The van der Waals surface area contributed by atoms with E-state index in [-0.39, 0.29) is 11.9 Å². The summed E-state index contributed by atoms with van der Waals surface area (Å²) in [5, 5.41) is 22.2. The van der Waals surface area contributed by atoms with Gasteiger partial charge >= 0.3 is 0 Å². The Kier molecular flexibility index (Phi) is 5.55. The van der Waals surface area contributed by atoms with Crippen LogP contribution in [0.15, 0.2) is 48.5 Å². The Balaban J connectivity index is 1.72. The van der Waals surface area contributed by atoms with Crippen molar-refractivity contribution in [2.45, 2.75) is 31.9 Å². The lowest BCUT2D eigenvalue weighted by molar-refractivity contribution is 0.0474. The lowest BCUT2D eigenvalue weighted by Crippen LogP contribution is -2.42. The second-order valence-corrected chi connectivity index (χ2v) is 6.73. The maximum Gasteiger partial charge on any atom is 0.254 e. The zero-order chi connectivity index (χ0) is 18.5. The van der Waals surface area contributed by atoms with E-state index < -0.39 is 6.10 Å². The highest BCUT2D eigenvalue weighted by molar-refractivity contribution is 5.95. The number of amides is 1. The number of hydrogen-bond donors (Lipinski definition) is 2. The number of nitrogens with zero attached hydrogens (tertiary/aromatic N) is 2. The van der Waals surface area contributed by atoms with Crippen LogP contribution in [0.5, 0.6) is 0 Å². The van der Waals surface area contributed by atoms with Crippen LogP contribution in [-0.4, -0.2) is 35.1 Å². The summed E-state index contributed by atoms with van der Waals surface area (Å²) in [4.78, 5) is 14.4. The normalized spacial score (nSPS) is 18.0. The van der Waals surface area contributed by atoms with Crippen molar-refractivity contribution in [2.75, 3.05) is 18.4 Å². The molecule has 0 bridgehead atoms. The number of carbonyl (C=O) groups is 1. The lowest BCUT2D eigenvalue weighted by Gasteiger charge is -2.30. The predicted molar refractivity (Wildman–Crippen MR) is 101 cm³/mol. The van der Waals surface area contributed by atoms with Gasteiger partial charge in [-0.3, -0.25) is 4.79 Å². The van der Waals surface area contributed by atoms with Crippen LogP contribution in [0.1, 0.15) is 47.3 Å². The second kappa shape index (κ2) is 8.03. The van der Waals surface area contributed by atoms with Gasteiger partial charge in [0.05, 0.1) is 17.7 Å². The van der Waals surface area contributed by atoms with E-state index >= 15 is 0 Å². The molecule has 134 valence electrons. The summed E-state index contributed by atoms with van der Waals surface area (Å²) in [5.74, 6) is -0.0495. The average molecular weight is 349 g/mol. The highest BCUT2D eigenvalue weighted by Gasteiger charge is 2.23. The van der Waals surface area contributed by atoms with E-state index in [1.54, 1.807) is 17.0 Å². The maximum atomic E-state index is 12.7. The molecule has 1 aliphatic heterocycles. The van der Waals surface area contributed by atoms with Crippen molar-refractivity contribution in [2.24, 2.45) is 0 Å². The van der Waals surface area contributed by atoms with Crippen LogP contribution in [0.3, 0.4) is 0 Å². The number of anilines is 1. The number of benzene rings is 2.